The number of alkyl halides is 3. The van der Waals surface area contributed by atoms with Gasteiger partial charge in [0, 0.05) is 55.3 Å². The van der Waals surface area contributed by atoms with Crippen LogP contribution in [0.15, 0.2) is 50.4 Å². The second-order valence-electron chi connectivity index (χ2n) is 8.31. The molecule has 1 fully saturated rings. The second kappa shape index (κ2) is 6.98. The highest BCUT2D eigenvalue weighted by Gasteiger charge is 2.37. The summed E-state index contributed by atoms with van der Waals surface area (Å²) in [6.07, 6.45) is -3.80. The number of hydrogen-bond acceptors (Lipinski definition) is 5. The first-order valence-electron chi connectivity index (χ1n) is 9.98. The number of aromatic nitrogens is 1. The fourth-order valence-corrected chi connectivity index (χ4v) is 5.01. The Labute approximate surface area is 174 Å². The number of benzene rings is 1. The zero-order valence-electron chi connectivity index (χ0n) is 16.4. The number of rotatable bonds is 2. The molecule has 1 N–H and O–H groups in total. The molecular weight excluding hydrogens is 413 g/mol. The van der Waals surface area contributed by atoms with Gasteiger partial charge in [-0.25, -0.2) is 4.79 Å². The van der Waals surface area contributed by atoms with E-state index in [0.717, 1.165) is 18.2 Å². The summed E-state index contributed by atoms with van der Waals surface area (Å²) in [5.41, 5.74) is -1.37. The van der Waals surface area contributed by atoms with Gasteiger partial charge in [0.25, 0.3) is 5.56 Å². The van der Waals surface area contributed by atoms with E-state index in [4.69, 9.17) is 4.42 Å². The van der Waals surface area contributed by atoms with Crippen molar-refractivity contribution in [1.29, 1.82) is 0 Å². The second-order valence-corrected chi connectivity index (χ2v) is 8.31. The van der Waals surface area contributed by atoms with Crippen molar-refractivity contribution in [1.82, 2.24) is 9.47 Å². The fourth-order valence-electron chi connectivity index (χ4n) is 5.01. The van der Waals surface area contributed by atoms with E-state index < -0.39 is 17.4 Å². The Morgan fingerprint density at radius 1 is 1.10 bits per heavy atom. The van der Waals surface area contributed by atoms with Gasteiger partial charge in [-0.15, -0.1) is 0 Å². The van der Waals surface area contributed by atoms with Crippen molar-refractivity contribution in [3.63, 3.8) is 0 Å². The van der Waals surface area contributed by atoms with E-state index in [1.807, 2.05) is 11.0 Å². The summed E-state index contributed by atoms with van der Waals surface area (Å²) in [6.45, 7) is 1.92. The van der Waals surface area contributed by atoms with Gasteiger partial charge in [-0.2, -0.15) is 13.2 Å². The largest absolute Gasteiger partial charge is 0.507 e. The Morgan fingerprint density at radius 3 is 2.68 bits per heavy atom. The lowest BCUT2D eigenvalue weighted by Crippen LogP contribution is -2.46. The summed E-state index contributed by atoms with van der Waals surface area (Å²) in [5.74, 6) is 0.0970. The molecule has 0 saturated carbocycles. The van der Waals surface area contributed by atoms with Gasteiger partial charge in [0.15, 0.2) is 0 Å². The maximum atomic E-state index is 13.4. The molecule has 0 unspecified atom stereocenters. The van der Waals surface area contributed by atoms with Crippen LogP contribution in [0.4, 0.5) is 13.2 Å². The number of phenols is 1. The normalized spacial score (nSPS) is 21.3. The van der Waals surface area contributed by atoms with Gasteiger partial charge in [0.1, 0.15) is 11.3 Å². The van der Waals surface area contributed by atoms with Crippen LogP contribution >= 0.6 is 0 Å². The molecule has 0 amide bonds. The third kappa shape index (κ3) is 3.42. The Morgan fingerprint density at radius 2 is 1.90 bits per heavy atom. The summed E-state index contributed by atoms with van der Waals surface area (Å²) >= 11 is 0. The molecule has 31 heavy (non-hydrogen) atoms. The molecule has 9 heteroatoms. The Balaban J connectivity index is 1.53. The van der Waals surface area contributed by atoms with E-state index in [1.54, 1.807) is 10.6 Å². The van der Waals surface area contributed by atoms with Crippen LogP contribution in [0.1, 0.15) is 29.2 Å². The van der Waals surface area contributed by atoms with Gasteiger partial charge < -0.3 is 14.1 Å². The molecule has 3 aromatic rings. The number of likely N-dealkylation sites (tertiary alicyclic amines) is 1. The average Bonchev–Trinajstić information content (AvgIpc) is 2.70. The molecule has 2 bridgehead atoms. The van der Waals surface area contributed by atoms with Crippen LogP contribution < -0.4 is 11.2 Å². The van der Waals surface area contributed by atoms with Crippen LogP contribution in [-0.4, -0.2) is 27.7 Å². The molecule has 0 radical (unpaired) electrons. The van der Waals surface area contributed by atoms with Gasteiger partial charge in [-0.05, 0) is 30.5 Å². The smallest absolute Gasteiger partial charge is 0.417 e. The molecule has 2 atom stereocenters. The quantitative estimate of drug-likeness (QED) is 0.629. The number of fused-ring (bicyclic) bond motifs is 5. The zero-order valence-corrected chi connectivity index (χ0v) is 16.4. The van der Waals surface area contributed by atoms with Crippen LogP contribution in [0.3, 0.4) is 0 Å². The monoisotopic (exact) mass is 432 g/mol. The summed E-state index contributed by atoms with van der Waals surface area (Å²) in [7, 11) is 0. The minimum absolute atomic E-state index is 0.0335. The Kier molecular flexibility index (Phi) is 4.47. The first kappa shape index (κ1) is 19.9. The van der Waals surface area contributed by atoms with E-state index in [2.05, 4.69) is 0 Å². The lowest BCUT2D eigenvalue weighted by Gasteiger charge is -2.42. The molecule has 4 heterocycles. The summed E-state index contributed by atoms with van der Waals surface area (Å²) in [4.78, 5) is 26.1. The third-order valence-corrected chi connectivity index (χ3v) is 6.23. The lowest BCUT2D eigenvalue weighted by molar-refractivity contribution is -0.136. The summed E-state index contributed by atoms with van der Waals surface area (Å²) in [5, 5.41) is 10.1. The number of phenolic OH excluding ortho intramolecular Hbond substituents is 1. The van der Waals surface area contributed by atoms with Gasteiger partial charge in [-0.1, -0.05) is 6.07 Å². The van der Waals surface area contributed by atoms with Crippen LogP contribution in [0.5, 0.6) is 5.75 Å². The lowest BCUT2D eigenvalue weighted by atomic mass is 9.83. The highest BCUT2D eigenvalue weighted by Crippen LogP contribution is 2.39. The Hall–Kier alpha value is -3.07. The number of pyridine rings is 1. The minimum atomic E-state index is -4.72. The predicted octanol–water partition coefficient (Wildman–Crippen LogP) is 3.30. The standard InChI is InChI=1S/C22H19F3N2O4/c23-22(24,25)16-7-20(30)31-21-14(16)4-5-18(28)15(21)11-26-8-12-6-13(10-26)17-2-1-3-19(29)27(17)9-12/h1-5,7,12-13,28H,6,8-11H2/t12-,13+/m1/s1. The van der Waals surface area contributed by atoms with Crippen molar-refractivity contribution >= 4 is 11.0 Å². The molecule has 0 aliphatic carbocycles. The maximum Gasteiger partial charge on any atom is 0.417 e. The SMILES string of the molecule is O=c1cc(C(F)(F)F)c2ccc(O)c(CN3C[C@H]4C[C@@H](C3)c3cccc(=O)n3C4)c2o1. The van der Waals surface area contributed by atoms with Crippen molar-refractivity contribution in [3.05, 3.63) is 74.0 Å². The van der Waals surface area contributed by atoms with Crippen LogP contribution in [0.25, 0.3) is 11.0 Å². The molecule has 0 spiro atoms. The highest BCUT2D eigenvalue weighted by molar-refractivity contribution is 5.85. The van der Waals surface area contributed by atoms with Crippen molar-refractivity contribution in [2.45, 2.75) is 31.6 Å². The first-order chi connectivity index (χ1) is 14.7. The van der Waals surface area contributed by atoms with Gasteiger partial charge in [0.05, 0.1) is 11.1 Å². The van der Waals surface area contributed by atoms with E-state index in [9.17, 15) is 27.9 Å². The molecule has 2 aliphatic heterocycles. The molecular formula is C22H19F3N2O4. The number of hydrogen-bond donors (Lipinski definition) is 1. The molecule has 2 aliphatic rings. The Bertz CT molecular complexity index is 1290. The first-order valence-corrected chi connectivity index (χ1v) is 9.98. The number of piperidine rings is 1. The van der Waals surface area contributed by atoms with E-state index in [-0.39, 0.29) is 46.2 Å². The molecule has 1 aromatic carbocycles. The third-order valence-electron chi connectivity index (χ3n) is 6.23. The van der Waals surface area contributed by atoms with Gasteiger partial charge in [0.2, 0.25) is 0 Å². The van der Waals surface area contributed by atoms with Crippen LogP contribution in [-0.2, 0) is 19.3 Å². The van der Waals surface area contributed by atoms with Crippen molar-refractivity contribution in [2.24, 2.45) is 5.92 Å². The van der Waals surface area contributed by atoms with Gasteiger partial charge in [-0.3, -0.25) is 9.69 Å². The van der Waals surface area contributed by atoms with Crippen molar-refractivity contribution in [2.75, 3.05) is 13.1 Å². The number of halogens is 3. The number of nitrogens with zero attached hydrogens (tertiary/aromatic N) is 2. The van der Waals surface area contributed by atoms with E-state index in [1.165, 1.54) is 12.1 Å². The number of aromatic hydroxyl groups is 1. The van der Waals surface area contributed by atoms with E-state index in [0.29, 0.717) is 25.7 Å². The van der Waals surface area contributed by atoms with Crippen LogP contribution in [0.2, 0.25) is 0 Å². The minimum Gasteiger partial charge on any atom is -0.507 e. The van der Waals surface area contributed by atoms with Crippen molar-refractivity contribution < 1.29 is 22.7 Å². The maximum absolute atomic E-state index is 13.4. The average molecular weight is 432 g/mol. The molecule has 2 aromatic heterocycles. The van der Waals surface area contributed by atoms with Crippen LogP contribution in [0, 0.1) is 5.92 Å². The van der Waals surface area contributed by atoms with Crippen molar-refractivity contribution in [3.8, 4) is 5.75 Å². The topological polar surface area (TPSA) is 75.7 Å². The summed E-state index contributed by atoms with van der Waals surface area (Å²) < 4.78 is 47.2. The molecule has 162 valence electrons. The molecule has 1 saturated heterocycles. The van der Waals surface area contributed by atoms with Gasteiger partial charge >= 0.3 is 11.8 Å². The fraction of sp³-hybridized carbons (Fsp3) is 0.364. The summed E-state index contributed by atoms with van der Waals surface area (Å²) in [6, 6.07) is 7.95. The molecule has 5 rings (SSSR count). The highest BCUT2D eigenvalue weighted by atomic mass is 19.4. The van der Waals surface area contributed by atoms with E-state index >= 15 is 0 Å². The predicted molar refractivity (Wildman–Crippen MR) is 106 cm³/mol. The molecule has 6 nitrogen and oxygen atoms in total. The zero-order chi connectivity index (χ0) is 21.9.